The van der Waals surface area contributed by atoms with Gasteiger partial charge in [0.25, 0.3) is 0 Å². The van der Waals surface area contributed by atoms with Crippen LogP contribution in [0.25, 0.3) is 0 Å². The summed E-state index contributed by atoms with van der Waals surface area (Å²) in [5.74, 6) is 1.59. The third kappa shape index (κ3) is 4.52. The summed E-state index contributed by atoms with van der Waals surface area (Å²) < 4.78 is 11.8. The van der Waals surface area contributed by atoms with Crippen molar-refractivity contribution >= 4 is 51.0 Å². The molecule has 3 rings (SSSR count). The van der Waals surface area contributed by atoms with Gasteiger partial charge in [0.2, 0.25) is 0 Å². The molecule has 9 heteroatoms. The molecule has 0 saturated carbocycles. The molecular formula is C17H16BrCl2N3O3. The average molecular weight is 461 g/mol. The standard InChI is InChI=1S/C17H16BrCl2N3O3/c18-10-1-2-13(12(19)9-10)26-14-3-6-22-16(15(14)20)23-7-4-11(5-8-23)25-17(21)24/h1-3,6,9,11H,4-5,7-8H2,(H2,21,24). The van der Waals surface area contributed by atoms with Crippen LogP contribution in [0.5, 0.6) is 11.5 Å². The normalized spacial score (nSPS) is 15.0. The van der Waals surface area contributed by atoms with Crippen LogP contribution in [-0.4, -0.2) is 30.3 Å². The minimum atomic E-state index is -0.749. The Morgan fingerprint density at radius 2 is 1.96 bits per heavy atom. The molecule has 1 aliphatic rings. The second-order valence-electron chi connectivity index (χ2n) is 5.75. The molecule has 0 bridgehead atoms. The molecule has 0 aliphatic carbocycles. The quantitative estimate of drug-likeness (QED) is 0.693. The Morgan fingerprint density at radius 1 is 1.23 bits per heavy atom. The first-order chi connectivity index (χ1) is 12.4. The number of amides is 1. The van der Waals surface area contributed by atoms with Gasteiger partial charge in [0.1, 0.15) is 16.9 Å². The predicted molar refractivity (Wildman–Crippen MR) is 104 cm³/mol. The Balaban J connectivity index is 1.74. The van der Waals surface area contributed by atoms with Crippen LogP contribution in [0, 0.1) is 0 Å². The maximum atomic E-state index is 10.9. The molecule has 1 fully saturated rings. The third-order valence-electron chi connectivity index (χ3n) is 3.97. The van der Waals surface area contributed by atoms with Gasteiger partial charge in [-0.15, -0.1) is 0 Å². The van der Waals surface area contributed by atoms with E-state index in [4.69, 9.17) is 38.4 Å². The minimum Gasteiger partial charge on any atom is -0.454 e. The summed E-state index contributed by atoms with van der Waals surface area (Å²) in [6, 6.07) is 7.03. The first-order valence-corrected chi connectivity index (χ1v) is 9.47. The van der Waals surface area contributed by atoms with E-state index in [1.807, 2.05) is 11.0 Å². The number of hydrogen-bond donors (Lipinski definition) is 1. The molecule has 1 aromatic carbocycles. The number of rotatable bonds is 4. The largest absolute Gasteiger partial charge is 0.454 e. The highest BCUT2D eigenvalue weighted by Crippen LogP contribution is 2.39. The van der Waals surface area contributed by atoms with Crippen molar-refractivity contribution in [1.82, 2.24) is 4.98 Å². The van der Waals surface area contributed by atoms with Crippen LogP contribution in [-0.2, 0) is 4.74 Å². The van der Waals surface area contributed by atoms with Gasteiger partial charge in [0.05, 0.1) is 5.02 Å². The summed E-state index contributed by atoms with van der Waals surface area (Å²) in [5, 5.41) is 0.874. The number of nitrogens with zero attached hydrogens (tertiary/aromatic N) is 2. The summed E-state index contributed by atoms with van der Waals surface area (Å²) >= 11 is 16.1. The third-order valence-corrected chi connectivity index (χ3v) is 5.12. The smallest absolute Gasteiger partial charge is 0.404 e. The maximum Gasteiger partial charge on any atom is 0.404 e. The number of nitrogens with two attached hydrogens (primary N) is 1. The molecule has 0 radical (unpaired) electrons. The average Bonchev–Trinajstić information content (AvgIpc) is 2.59. The first-order valence-electron chi connectivity index (χ1n) is 7.92. The Bertz CT molecular complexity index is 814. The first kappa shape index (κ1) is 19.1. The molecule has 26 heavy (non-hydrogen) atoms. The van der Waals surface area contributed by atoms with E-state index in [2.05, 4.69) is 20.9 Å². The molecule has 1 amide bonds. The van der Waals surface area contributed by atoms with E-state index in [-0.39, 0.29) is 6.10 Å². The van der Waals surface area contributed by atoms with Gasteiger partial charge in [0, 0.05) is 42.7 Å². The number of pyridine rings is 1. The number of aromatic nitrogens is 1. The second-order valence-corrected chi connectivity index (χ2v) is 7.45. The van der Waals surface area contributed by atoms with E-state index in [0.717, 1.165) is 4.47 Å². The fraction of sp³-hybridized carbons (Fsp3) is 0.294. The minimum absolute atomic E-state index is 0.177. The highest BCUT2D eigenvalue weighted by atomic mass is 79.9. The second kappa shape index (κ2) is 8.33. The van der Waals surface area contributed by atoms with Crippen molar-refractivity contribution in [2.45, 2.75) is 18.9 Å². The van der Waals surface area contributed by atoms with Crippen molar-refractivity contribution < 1.29 is 14.3 Å². The summed E-state index contributed by atoms with van der Waals surface area (Å²) in [5.41, 5.74) is 5.07. The molecule has 2 aromatic rings. The number of carbonyl (C=O) groups is 1. The van der Waals surface area contributed by atoms with Gasteiger partial charge in [-0.1, -0.05) is 39.1 Å². The molecular weight excluding hydrogens is 445 g/mol. The predicted octanol–water partition coefficient (Wildman–Crippen LogP) is 5.01. The number of hydrogen-bond acceptors (Lipinski definition) is 5. The van der Waals surface area contributed by atoms with Crippen molar-refractivity contribution in [3.8, 4) is 11.5 Å². The van der Waals surface area contributed by atoms with E-state index < -0.39 is 6.09 Å². The molecule has 1 aromatic heterocycles. The fourth-order valence-electron chi connectivity index (χ4n) is 2.74. The summed E-state index contributed by atoms with van der Waals surface area (Å²) in [7, 11) is 0. The number of primary amides is 1. The van der Waals surface area contributed by atoms with E-state index in [0.29, 0.717) is 53.3 Å². The van der Waals surface area contributed by atoms with Crippen LogP contribution >= 0.6 is 39.1 Å². The van der Waals surface area contributed by atoms with E-state index >= 15 is 0 Å². The molecule has 1 saturated heterocycles. The molecule has 2 N–H and O–H groups in total. The van der Waals surface area contributed by atoms with Crippen molar-refractivity contribution in [2.75, 3.05) is 18.0 Å². The topological polar surface area (TPSA) is 77.7 Å². The lowest BCUT2D eigenvalue weighted by molar-refractivity contribution is 0.0911. The Hall–Kier alpha value is -1.70. The van der Waals surface area contributed by atoms with E-state index in [1.165, 1.54) is 0 Å². The molecule has 0 spiro atoms. The Morgan fingerprint density at radius 3 is 2.62 bits per heavy atom. The maximum absolute atomic E-state index is 10.9. The van der Waals surface area contributed by atoms with Crippen LogP contribution in [0.15, 0.2) is 34.9 Å². The highest BCUT2D eigenvalue weighted by molar-refractivity contribution is 9.10. The van der Waals surface area contributed by atoms with Gasteiger partial charge in [-0.2, -0.15) is 0 Å². The van der Waals surface area contributed by atoms with Gasteiger partial charge >= 0.3 is 6.09 Å². The number of benzene rings is 1. The van der Waals surface area contributed by atoms with Crippen LogP contribution in [0.3, 0.4) is 0 Å². The fourth-order valence-corrected chi connectivity index (χ4v) is 3.72. The lowest BCUT2D eigenvalue weighted by Crippen LogP contribution is -2.39. The number of halogens is 3. The SMILES string of the molecule is NC(=O)OC1CCN(c2nccc(Oc3ccc(Br)cc3Cl)c2Cl)CC1. The number of carbonyl (C=O) groups excluding carboxylic acids is 1. The lowest BCUT2D eigenvalue weighted by atomic mass is 10.1. The molecule has 1 aliphatic heterocycles. The van der Waals surface area contributed by atoms with Crippen molar-refractivity contribution in [3.05, 3.63) is 45.0 Å². The molecule has 6 nitrogen and oxygen atoms in total. The van der Waals surface area contributed by atoms with Gasteiger partial charge in [-0.3, -0.25) is 0 Å². The zero-order chi connectivity index (χ0) is 18.7. The summed E-state index contributed by atoms with van der Waals surface area (Å²) in [6.45, 7) is 1.29. The number of piperidine rings is 1. The molecule has 0 unspecified atom stereocenters. The molecule has 138 valence electrons. The van der Waals surface area contributed by atoms with Gasteiger partial charge in [-0.25, -0.2) is 9.78 Å². The lowest BCUT2D eigenvalue weighted by Gasteiger charge is -2.32. The van der Waals surface area contributed by atoms with Gasteiger partial charge in [0.15, 0.2) is 11.6 Å². The van der Waals surface area contributed by atoms with E-state index in [1.54, 1.807) is 24.4 Å². The molecule has 0 atom stereocenters. The Kier molecular flexibility index (Phi) is 6.11. The van der Waals surface area contributed by atoms with E-state index in [9.17, 15) is 4.79 Å². The van der Waals surface area contributed by atoms with Gasteiger partial charge in [-0.05, 0) is 18.2 Å². The zero-order valence-electron chi connectivity index (χ0n) is 13.6. The molecule has 2 heterocycles. The highest BCUT2D eigenvalue weighted by Gasteiger charge is 2.25. The summed E-state index contributed by atoms with van der Waals surface area (Å²) in [6.07, 6.45) is 2.02. The van der Waals surface area contributed by atoms with Crippen molar-refractivity contribution in [2.24, 2.45) is 5.73 Å². The zero-order valence-corrected chi connectivity index (χ0v) is 16.7. The van der Waals surface area contributed by atoms with Crippen LogP contribution in [0.4, 0.5) is 10.6 Å². The van der Waals surface area contributed by atoms with Crippen LogP contribution < -0.4 is 15.4 Å². The number of ether oxygens (including phenoxy) is 2. The summed E-state index contributed by atoms with van der Waals surface area (Å²) in [4.78, 5) is 17.3. The van der Waals surface area contributed by atoms with Gasteiger partial charge < -0.3 is 20.1 Å². The van der Waals surface area contributed by atoms with Crippen molar-refractivity contribution in [3.63, 3.8) is 0 Å². The van der Waals surface area contributed by atoms with Crippen LogP contribution in [0.1, 0.15) is 12.8 Å². The number of anilines is 1. The Labute approximate surface area is 169 Å². The van der Waals surface area contributed by atoms with Crippen LogP contribution in [0.2, 0.25) is 10.0 Å². The van der Waals surface area contributed by atoms with Crippen molar-refractivity contribution in [1.29, 1.82) is 0 Å². The monoisotopic (exact) mass is 459 g/mol.